The molecule has 2 fully saturated rings. The number of hydrogen-bond acceptors (Lipinski definition) is 6. The summed E-state index contributed by atoms with van der Waals surface area (Å²) in [6.45, 7) is 5.65. The molecule has 2 aliphatic heterocycles. The van der Waals surface area contributed by atoms with Crippen molar-refractivity contribution >= 4 is 11.0 Å². The van der Waals surface area contributed by atoms with Crippen molar-refractivity contribution in [2.24, 2.45) is 5.41 Å². The Labute approximate surface area is 175 Å². The molecule has 0 saturated carbocycles. The van der Waals surface area contributed by atoms with Gasteiger partial charge in [-0.25, -0.2) is 9.02 Å². The molecule has 0 unspecified atom stereocenters. The van der Waals surface area contributed by atoms with Crippen molar-refractivity contribution in [2.75, 3.05) is 33.3 Å². The van der Waals surface area contributed by atoms with Gasteiger partial charge in [0.15, 0.2) is 0 Å². The number of piperidine rings is 1. The summed E-state index contributed by atoms with van der Waals surface area (Å²) in [4.78, 5) is 4.92. The lowest BCUT2D eigenvalue weighted by Crippen LogP contribution is -2.44. The number of fused-ring (bicyclic) bond motifs is 1. The van der Waals surface area contributed by atoms with Gasteiger partial charge in [-0.3, -0.25) is 9.80 Å². The van der Waals surface area contributed by atoms with E-state index in [2.05, 4.69) is 26.2 Å². The highest BCUT2D eigenvalue weighted by atomic mass is 19.1. The van der Waals surface area contributed by atoms with E-state index < -0.39 is 0 Å². The van der Waals surface area contributed by atoms with Gasteiger partial charge in [0, 0.05) is 31.7 Å². The van der Waals surface area contributed by atoms with Crippen LogP contribution in [-0.2, 0) is 13.1 Å². The van der Waals surface area contributed by atoms with Crippen LogP contribution in [0.25, 0.3) is 11.0 Å². The minimum absolute atomic E-state index is 0.155. The highest BCUT2D eigenvalue weighted by Crippen LogP contribution is 2.40. The molecule has 2 saturated heterocycles. The van der Waals surface area contributed by atoms with Gasteiger partial charge in [0.2, 0.25) is 0 Å². The summed E-state index contributed by atoms with van der Waals surface area (Å²) in [5, 5.41) is 8.03. The third-order valence-electron chi connectivity index (χ3n) is 6.67. The van der Waals surface area contributed by atoms with E-state index in [4.69, 9.17) is 9.37 Å². The van der Waals surface area contributed by atoms with Crippen molar-refractivity contribution in [3.8, 4) is 5.75 Å². The lowest BCUT2D eigenvalue weighted by atomic mass is 9.79. The fourth-order valence-electron chi connectivity index (χ4n) is 5.21. The molecule has 3 heterocycles. The predicted molar refractivity (Wildman–Crippen MR) is 112 cm³/mol. The number of hydrogen-bond donors (Lipinski definition) is 0. The normalized spacial score (nSPS) is 22.9. The minimum Gasteiger partial charge on any atom is -0.497 e. The van der Waals surface area contributed by atoms with E-state index >= 15 is 0 Å². The number of methoxy groups -OCH3 is 1. The summed E-state index contributed by atoms with van der Waals surface area (Å²) < 4.78 is 24.5. The third-order valence-corrected chi connectivity index (χ3v) is 6.67. The van der Waals surface area contributed by atoms with Crippen molar-refractivity contribution < 1.29 is 13.8 Å². The number of aromatic nitrogens is 2. The molecule has 2 aromatic carbocycles. The van der Waals surface area contributed by atoms with Gasteiger partial charge in [0.25, 0.3) is 0 Å². The molecule has 0 bridgehead atoms. The van der Waals surface area contributed by atoms with E-state index in [1.165, 1.54) is 18.9 Å². The van der Waals surface area contributed by atoms with Gasteiger partial charge in [0.1, 0.15) is 22.6 Å². The average Bonchev–Trinajstić information content (AvgIpc) is 3.38. The topological polar surface area (TPSA) is 54.6 Å². The molecule has 1 spiro atoms. The molecule has 2 aliphatic rings. The second-order valence-corrected chi connectivity index (χ2v) is 8.78. The van der Waals surface area contributed by atoms with Crippen LogP contribution < -0.4 is 4.74 Å². The molecular formula is C23H27FN4O2. The molecule has 5 rings (SSSR count). The van der Waals surface area contributed by atoms with Crippen LogP contribution in [0.2, 0.25) is 0 Å². The van der Waals surface area contributed by atoms with E-state index in [1.54, 1.807) is 13.2 Å². The maximum Gasteiger partial charge on any atom is 0.139 e. The second-order valence-electron chi connectivity index (χ2n) is 8.78. The van der Waals surface area contributed by atoms with Gasteiger partial charge in [-0.1, -0.05) is 12.1 Å². The van der Waals surface area contributed by atoms with Crippen molar-refractivity contribution in [2.45, 2.75) is 32.4 Å². The van der Waals surface area contributed by atoms with Gasteiger partial charge >= 0.3 is 0 Å². The summed E-state index contributed by atoms with van der Waals surface area (Å²) in [5.74, 6) is 0.555. The molecule has 0 radical (unpaired) electrons. The standard InChI is InChI=1S/C23H27FN4O2/c1-29-19-6-7-20(24)18(12-19)14-27-10-3-8-23(15-27)9-11-28(16-23)13-17-4-2-5-21-22(17)26-30-25-21/h2,4-7,12H,3,8-11,13-16H2,1H3/t23-/m1/s1. The highest BCUT2D eigenvalue weighted by Gasteiger charge is 2.41. The Hall–Kier alpha value is -2.51. The third kappa shape index (κ3) is 3.79. The summed E-state index contributed by atoms with van der Waals surface area (Å²) in [6, 6.07) is 11.1. The molecule has 7 heteroatoms. The van der Waals surface area contributed by atoms with E-state index in [-0.39, 0.29) is 11.2 Å². The first kappa shape index (κ1) is 19.5. The zero-order valence-electron chi connectivity index (χ0n) is 17.3. The van der Waals surface area contributed by atoms with Crippen molar-refractivity contribution in [3.05, 3.63) is 53.3 Å². The monoisotopic (exact) mass is 410 g/mol. The highest BCUT2D eigenvalue weighted by molar-refractivity contribution is 5.76. The van der Waals surface area contributed by atoms with Crippen LogP contribution in [0.3, 0.4) is 0 Å². The molecule has 0 N–H and O–H groups in total. The predicted octanol–water partition coefficient (Wildman–Crippen LogP) is 3.86. The fourth-order valence-corrected chi connectivity index (χ4v) is 5.21. The van der Waals surface area contributed by atoms with E-state index in [0.717, 1.165) is 55.7 Å². The van der Waals surface area contributed by atoms with Crippen LogP contribution >= 0.6 is 0 Å². The van der Waals surface area contributed by atoms with Crippen molar-refractivity contribution in [3.63, 3.8) is 0 Å². The molecule has 1 aromatic heterocycles. The maximum absolute atomic E-state index is 14.3. The quantitative estimate of drug-likeness (QED) is 0.637. The van der Waals surface area contributed by atoms with Crippen molar-refractivity contribution in [1.29, 1.82) is 0 Å². The number of benzene rings is 2. The van der Waals surface area contributed by atoms with Gasteiger partial charge in [-0.05, 0) is 77.9 Å². The Balaban J connectivity index is 1.26. The SMILES string of the molecule is COc1ccc(F)c(CN2CCC[C@@]3(CCN(Cc4cccc5nonc45)C3)C2)c1. The Bertz CT molecular complexity index is 1040. The molecule has 0 amide bonds. The average molecular weight is 410 g/mol. The summed E-state index contributed by atoms with van der Waals surface area (Å²) in [5.41, 5.74) is 3.83. The van der Waals surface area contributed by atoms with Gasteiger partial charge < -0.3 is 4.74 Å². The number of ether oxygens (including phenoxy) is 1. The Morgan fingerprint density at radius 2 is 1.87 bits per heavy atom. The first-order chi connectivity index (χ1) is 14.6. The number of rotatable bonds is 5. The lowest BCUT2D eigenvalue weighted by Gasteiger charge is -2.40. The van der Waals surface area contributed by atoms with Gasteiger partial charge in [-0.2, -0.15) is 0 Å². The number of nitrogens with zero attached hydrogens (tertiary/aromatic N) is 4. The van der Waals surface area contributed by atoms with Crippen LogP contribution in [-0.4, -0.2) is 53.4 Å². The van der Waals surface area contributed by atoms with Crippen LogP contribution in [0, 0.1) is 11.2 Å². The zero-order chi connectivity index (χ0) is 20.6. The molecule has 3 aromatic rings. The van der Waals surface area contributed by atoms with E-state index in [1.807, 2.05) is 18.2 Å². The first-order valence-corrected chi connectivity index (χ1v) is 10.6. The van der Waals surface area contributed by atoms with Crippen LogP contribution in [0.4, 0.5) is 4.39 Å². The number of halogens is 1. The van der Waals surface area contributed by atoms with E-state index in [9.17, 15) is 4.39 Å². The van der Waals surface area contributed by atoms with Crippen LogP contribution in [0.15, 0.2) is 41.0 Å². The molecule has 158 valence electrons. The van der Waals surface area contributed by atoms with Gasteiger partial charge in [-0.15, -0.1) is 0 Å². The Morgan fingerprint density at radius 3 is 2.73 bits per heavy atom. The Kier molecular flexibility index (Phi) is 5.16. The second kappa shape index (κ2) is 7.96. The molecule has 30 heavy (non-hydrogen) atoms. The maximum atomic E-state index is 14.3. The van der Waals surface area contributed by atoms with Gasteiger partial charge in [0.05, 0.1) is 7.11 Å². The first-order valence-electron chi connectivity index (χ1n) is 10.6. The minimum atomic E-state index is -0.155. The smallest absolute Gasteiger partial charge is 0.139 e. The summed E-state index contributed by atoms with van der Waals surface area (Å²) in [7, 11) is 1.62. The largest absolute Gasteiger partial charge is 0.497 e. The molecule has 6 nitrogen and oxygen atoms in total. The van der Waals surface area contributed by atoms with Crippen LogP contribution in [0.1, 0.15) is 30.4 Å². The summed E-state index contributed by atoms with van der Waals surface area (Å²) in [6.07, 6.45) is 3.57. The fraction of sp³-hybridized carbons (Fsp3) is 0.478. The Morgan fingerprint density at radius 1 is 1.03 bits per heavy atom. The van der Waals surface area contributed by atoms with Crippen LogP contribution in [0.5, 0.6) is 5.75 Å². The molecule has 1 atom stereocenters. The van der Waals surface area contributed by atoms with E-state index in [0.29, 0.717) is 17.9 Å². The molecular weight excluding hydrogens is 383 g/mol. The zero-order valence-corrected chi connectivity index (χ0v) is 17.3. The van der Waals surface area contributed by atoms with Crippen molar-refractivity contribution in [1.82, 2.24) is 20.1 Å². The lowest BCUT2D eigenvalue weighted by molar-refractivity contribution is 0.0858. The summed E-state index contributed by atoms with van der Waals surface area (Å²) >= 11 is 0. The molecule has 0 aliphatic carbocycles. The number of likely N-dealkylation sites (tertiary alicyclic amines) is 2.